The summed E-state index contributed by atoms with van der Waals surface area (Å²) >= 11 is 0. The molecule has 1 atom stereocenters. The minimum Gasteiger partial charge on any atom is -0.494 e. The van der Waals surface area contributed by atoms with E-state index < -0.39 is 17.6 Å². The number of hydrogen-bond donors (Lipinski definition) is 4. The number of H-pyrrole nitrogens is 1. The minimum absolute atomic E-state index is 0.0304. The zero-order valence-corrected chi connectivity index (χ0v) is 9.73. The molecule has 0 fully saturated rings. The van der Waals surface area contributed by atoms with Gasteiger partial charge in [-0.05, 0) is 5.92 Å². The summed E-state index contributed by atoms with van der Waals surface area (Å²) in [7, 11) is 0. The highest BCUT2D eigenvalue weighted by Crippen LogP contribution is 2.04. The van der Waals surface area contributed by atoms with E-state index in [0.717, 1.165) is 12.1 Å². The molecule has 1 aromatic rings. The van der Waals surface area contributed by atoms with Crippen LogP contribution in [0.1, 0.15) is 24.2 Å². The monoisotopic (exact) mass is 240 g/mol. The Morgan fingerprint density at radius 1 is 1.47 bits per heavy atom. The van der Waals surface area contributed by atoms with Gasteiger partial charge in [-0.25, -0.2) is 0 Å². The number of rotatable bonds is 4. The second kappa shape index (κ2) is 5.49. The highest BCUT2D eigenvalue weighted by Gasteiger charge is 2.12. The van der Waals surface area contributed by atoms with Crippen molar-refractivity contribution in [2.75, 3.05) is 6.54 Å². The fraction of sp³-hybridized carbons (Fsp3) is 0.455. The van der Waals surface area contributed by atoms with Gasteiger partial charge in [-0.3, -0.25) is 14.6 Å². The van der Waals surface area contributed by atoms with Crippen LogP contribution in [0.5, 0.6) is 5.88 Å². The van der Waals surface area contributed by atoms with E-state index in [1.54, 1.807) is 0 Å². The van der Waals surface area contributed by atoms with Gasteiger partial charge in [0, 0.05) is 18.7 Å². The Bertz CT molecular complexity index is 453. The van der Waals surface area contributed by atoms with Crippen LogP contribution in [0.25, 0.3) is 0 Å². The van der Waals surface area contributed by atoms with Gasteiger partial charge in [0.15, 0.2) is 5.88 Å². The third kappa shape index (κ3) is 3.92. The number of pyridine rings is 1. The van der Waals surface area contributed by atoms with Crippen molar-refractivity contribution in [3.05, 3.63) is 28.0 Å². The summed E-state index contributed by atoms with van der Waals surface area (Å²) in [5.74, 6) is -0.846. The molecule has 0 aromatic carbocycles. The minimum atomic E-state index is -0.644. The predicted molar refractivity (Wildman–Crippen MR) is 61.9 cm³/mol. The number of carbonyl (C=O) groups excluding carboxylic acids is 1. The maximum Gasteiger partial charge on any atom is 0.251 e. The van der Waals surface area contributed by atoms with Gasteiger partial charge in [0.2, 0.25) is 0 Å². The Morgan fingerprint density at radius 2 is 2.12 bits per heavy atom. The molecular weight excluding hydrogens is 224 g/mol. The summed E-state index contributed by atoms with van der Waals surface area (Å²) in [5, 5.41) is 21.1. The molecule has 1 amide bonds. The number of carbonyl (C=O) groups is 1. The Morgan fingerprint density at radius 3 is 2.65 bits per heavy atom. The zero-order chi connectivity index (χ0) is 13.0. The van der Waals surface area contributed by atoms with Crippen LogP contribution in [0.2, 0.25) is 0 Å². The van der Waals surface area contributed by atoms with Crippen molar-refractivity contribution in [1.29, 1.82) is 0 Å². The van der Waals surface area contributed by atoms with Crippen molar-refractivity contribution in [2.24, 2.45) is 5.92 Å². The van der Waals surface area contributed by atoms with Crippen LogP contribution in [0.3, 0.4) is 0 Å². The van der Waals surface area contributed by atoms with Gasteiger partial charge < -0.3 is 15.5 Å². The second-order valence-electron chi connectivity index (χ2n) is 4.14. The smallest absolute Gasteiger partial charge is 0.251 e. The summed E-state index contributed by atoms with van der Waals surface area (Å²) in [6.07, 6.45) is -0.644. The molecule has 6 nitrogen and oxygen atoms in total. The van der Waals surface area contributed by atoms with E-state index in [2.05, 4.69) is 10.3 Å². The van der Waals surface area contributed by atoms with Crippen molar-refractivity contribution in [3.8, 4) is 5.88 Å². The van der Waals surface area contributed by atoms with Gasteiger partial charge in [-0.15, -0.1) is 0 Å². The van der Waals surface area contributed by atoms with Gasteiger partial charge in [-0.2, -0.15) is 0 Å². The molecule has 0 spiro atoms. The Balaban J connectivity index is 2.67. The molecule has 6 heteroatoms. The van der Waals surface area contributed by atoms with Gasteiger partial charge in [0.25, 0.3) is 11.5 Å². The molecule has 1 unspecified atom stereocenters. The summed E-state index contributed by atoms with van der Waals surface area (Å²) in [5.41, 5.74) is -0.498. The van der Waals surface area contributed by atoms with Crippen LogP contribution >= 0.6 is 0 Å². The van der Waals surface area contributed by atoms with Crippen molar-refractivity contribution in [1.82, 2.24) is 10.3 Å². The Hall–Kier alpha value is -1.82. The van der Waals surface area contributed by atoms with Crippen LogP contribution in [0.15, 0.2) is 16.9 Å². The van der Waals surface area contributed by atoms with E-state index in [-0.39, 0.29) is 23.9 Å². The third-order valence-corrected chi connectivity index (χ3v) is 2.33. The SMILES string of the molecule is CC(C)C(O)CNC(=O)c1cc(O)[nH]c(=O)c1. The molecule has 0 saturated heterocycles. The first kappa shape index (κ1) is 13.2. The lowest BCUT2D eigenvalue weighted by Crippen LogP contribution is -2.35. The maximum atomic E-state index is 11.6. The standard InChI is InChI=1S/C11H16N2O4/c1-6(2)8(14)5-12-11(17)7-3-9(15)13-10(16)4-7/h3-4,6,8,14H,5H2,1-2H3,(H,12,17)(H2,13,15,16). The van der Waals surface area contributed by atoms with Gasteiger partial charge >= 0.3 is 0 Å². The van der Waals surface area contributed by atoms with Crippen LogP contribution in [-0.2, 0) is 0 Å². The number of aliphatic hydroxyl groups is 1. The lowest BCUT2D eigenvalue weighted by molar-refractivity contribution is 0.0871. The summed E-state index contributed by atoms with van der Waals surface area (Å²) in [4.78, 5) is 24.7. The fourth-order valence-electron chi connectivity index (χ4n) is 1.19. The number of aliphatic hydroxyl groups excluding tert-OH is 1. The molecule has 0 aliphatic heterocycles. The molecule has 94 valence electrons. The summed E-state index contributed by atoms with van der Waals surface area (Å²) < 4.78 is 0. The quantitative estimate of drug-likeness (QED) is 0.586. The molecule has 4 N–H and O–H groups in total. The summed E-state index contributed by atoms with van der Waals surface area (Å²) in [6.45, 7) is 3.76. The van der Waals surface area contributed by atoms with Crippen LogP contribution in [-0.4, -0.2) is 33.8 Å². The average Bonchev–Trinajstić information content (AvgIpc) is 2.23. The average molecular weight is 240 g/mol. The van der Waals surface area contributed by atoms with Crippen LogP contribution in [0.4, 0.5) is 0 Å². The van der Waals surface area contributed by atoms with Crippen molar-refractivity contribution >= 4 is 5.91 Å². The number of aromatic amines is 1. The number of aromatic hydroxyl groups is 1. The molecular formula is C11H16N2O4. The number of nitrogens with one attached hydrogen (secondary N) is 2. The first-order valence-corrected chi connectivity index (χ1v) is 5.29. The first-order chi connectivity index (χ1) is 7.90. The molecule has 1 rings (SSSR count). The molecule has 0 bridgehead atoms. The second-order valence-corrected chi connectivity index (χ2v) is 4.14. The molecule has 0 aliphatic carbocycles. The molecule has 0 aliphatic rings. The van der Waals surface area contributed by atoms with E-state index in [4.69, 9.17) is 5.11 Å². The van der Waals surface area contributed by atoms with Crippen LogP contribution in [0, 0.1) is 5.92 Å². The molecule has 17 heavy (non-hydrogen) atoms. The molecule has 1 heterocycles. The number of amides is 1. The normalized spacial score (nSPS) is 12.5. The van der Waals surface area contributed by atoms with Crippen molar-refractivity contribution in [3.63, 3.8) is 0 Å². The zero-order valence-electron chi connectivity index (χ0n) is 9.73. The summed E-state index contributed by atoms with van der Waals surface area (Å²) in [6, 6.07) is 2.23. The molecule has 1 aromatic heterocycles. The van der Waals surface area contributed by atoms with E-state index in [1.165, 1.54) is 0 Å². The van der Waals surface area contributed by atoms with E-state index >= 15 is 0 Å². The lowest BCUT2D eigenvalue weighted by atomic mass is 10.1. The van der Waals surface area contributed by atoms with Gasteiger partial charge in [0.1, 0.15) is 0 Å². The fourth-order valence-corrected chi connectivity index (χ4v) is 1.19. The highest BCUT2D eigenvalue weighted by atomic mass is 16.3. The Kier molecular flexibility index (Phi) is 4.28. The number of hydrogen-bond acceptors (Lipinski definition) is 4. The predicted octanol–water partition coefficient (Wildman–Crippen LogP) is -0.173. The lowest BCUT2D eigenvalue weighted by Gasteiger charge is -2.14. The van der Waals surface area contributed by atoms with E-state index in [0.29, 0.717) is 0 Å². The van der Waals surface area contributed by atoms with E-state index in [9.17, 15) is 14.7 Å². The number of aromatic nitrogens is 1. The maximum absolute atomic E-state index is 11.6. The van der Waals surface area contributed by atoms with Gasteiger partial charge in [0.05, 0.1) is 11.7 Å². The van der Waals surface area contributed by atoms with E-state index in [1.807, 2.05) is 13.8 Å². The first-order valence-electron chi connectivity index (χ1n) is 5.29. The van der Waals surface area contributed by atoms with Crippen LogP contribution < -0.4 is 10.9 Å². The van der Waals surface area contributed by atoms with Crippen molar-refractivity contribution < 1.29 is 15.0 Å². The highest BCUT2D eigenvalue weighted by molar-refractivity contribution is 5.94. The van der Waals surface area contributed by atoms with Gasteiger partial charge in [-0.1, -0.05) is 13.8 Å². The van der Waals surface area contributed by atoms with Crippen molar-refractivity contribution in [2.45, 2.75) is 20.0 Å². The molecule has 0 saturated carbocycles. The third-order valence-electron chi connectivity index (χ3n) is 2.33. The Labute approximate surface area is 98.3 Å². The topological polar surface area (TPSA) is 102 Å². The molecule has 0 radical (unpaired) electrons. The largest absolute Gasteiger partial charge is 0.494 e.